The van der Waals surface area contributed by atoms with E-state index in [1.54, 1.807) is 7.05 Å². The predicted molar refractivity (Wildman–Crippen MR) is 73.9 cm³/mol. The molecular weight excluding hydrogens is 288 g/mol. The molecule has 0 atom stereocenters. The Hall–Kier alpha value is -1.83. The zero-order valence-corrected chi connectivity index (χ0v) is 11.3. The number of nitrogens with zero attached hydrogens (tertiary/aromatic N) is 2. The Labute approximate surface area is 119 Å². The van der Waals surface area contributed by atoms with Gasteiger partial charge in [0.15, 0.2) is 0 Å². The van der Waals surface area contributed by atoms with Crippen molar-refractivity contribution < 1.29 is 4.39 Å². The molecule has 0 radical (unpaired) electrons. The predicted octanol–water partition coefficient (Wildman–Crippen LogP) is 4.11. The first-order chi connectivity index (χ1) is 9.05. The van der Waals surface area contributed by atoms with Crippen molar-refractivity contribution in [3.8, 4) is 17.3 Å². The molecular formula is C13H8Cl2FN3. The summed E-state index contributed by atoms with van der Waals surface area (Å²) in [6, 6.07) is 7.34. The second kappa shape index (κ2) is 5.43. The molecule has 0 aliphatic rings. The lowest BCUT2D eigenvalue weighted by molar-refractivity contribution is 0.628. The molecule has 0 amide bonds. The van der Waals surface area contributed by atoms with Crippen molar-refractivity contribution in [2.75, 3.05) is 12.4 Å². The standard InChI is InChI=1S/C13H8Cl2FN3/c1-18-13-11(15)5-10(14)12(19-13)8-2-7(6-17)3-9(16)4-8/h2-5H,1H3,(H,18,19). The van der Waals surface area contributed by atoms with E-state index in [-0.39, 0.29) is 5.56 Å². The van der Waals surface area contributed by atoms with Crippen molar-refractivity contribution in [1.82, 2.24) is 4.98 Å². The zero-order chi connectivity index (χ0) is 14.0. The summed E-state index contributed by atoms with van der Waals surface area (Å²) in [5.74, 6) is -0.0864. The van der Waals surface area contributed by atoms with Gasteiger partial charge >= 0.3 is 0 Å². The number of aromatic nitrogens is 1. The minimum absolute atomic E-state index is 0.203. The van der Waals surface area contributed by atoms with Crippen LogP contribution in [-0.4, -0.2) is 12.0 Å². The summed E-state index contributed by atoms with van der Waals surface area (Å²) in [5, 5.41) is 12.3. The summed E-state index contributed by atoms with van der Waals surface area (Å²) >= 11 is 12.0. The highest BCUT2D eigenvalue weighted by molar-refractivity contribution is 6.37. The Morgan fingerprint density at radius 1 is 1.21 bits per heavy atom. The Kier molecular flexibility index (Phi) is 3.89. The highest BCUT2D eigenvalue weighted by Crippen LogP contribution is 2.32. The van der Waals surface area contributed by atoms with Crippen LogP contribution < -0.4 is 5.32 Å². The monoisotopic (exact) mass is 295 g/mol. The first-order valence-electron chi connectivity index (χ1n) is 5.30. The molecule has 2 aromatic rings. The highest BCUT2D eigenvalue weighted by atomic mass is 35.5. The number of pyridine rings is 1. The molecule has 0 saturated heterocycles. The maximum absolute atomic E-state index is 13.4. The average Bonchev–Trinajstić information content (AvgIpc) is 2.38. The number of hydrogen-bond acceptors (Lipinski definition) is 3. The summed E-state index contributed by atoms with van der Waals surface area (Å²) in [7, 11) is 1.66. The molecule has 0 aliphatic carbocycles. The Morgan fingerprint density at radius 2 is 1.95 bits per heavy atom. The summed E-state index contributed by atoms with van der Waals surface area (Å²) in [5.41, 5.74) is 0.995. The lowest BCUT2D eigenvalue weighted by Crippen LogP contribution is -1.96. The van der Waals surface area contributed by atoms with Crippen LogP contribution in [0.5, 0.6) is 0 Å². The molecule has 1 aromatic heterocycles. The Balaban J connectivity index is 2.65. The second-order valence-corrected chi connectivity index (χ2v) is 4.55. The van der Waals surface area contributed by atoms with Crippen molar-refractivity contribution in [2.24, 2.45) is 0 Å². The third-order valence-corrected chi connectivity index (χ3v) is 3.04. The van der Waals surface area contributed by atoms with Gasteiger partial charge in [-0.2, -0.15) is 5.26 Å². The SMILES string of the molecule is CNc1nc(-c2cc(F)cc(C#N)c2)c(Cl)cc1Cl. The van der Waals surface area contributed by atoms with E-state index < -0.39 is 5.82 Å². The summed E-state index contributed by atoms with van der Waals surface area (Å²) in [4.78, 5) is 4.23. The van der Waals surface area contributed by atoms with Crippen molar-refractivity contribution in [3.63, 3.8) is 0 Å². The number of hydrogen-bond donors (Lipinski definition) is 1. The number of halogens is 3. The molecule has 19 heavy (non-hydrogen) atoms. The fraction of sp³-hybridized carbons (Fsp3) is 0.0769. The largest absolute Gasteiger partial charge is 0.372 e. The van der Waals surface area contributed by atoms with Gasteiger partial charge in [-0.3, -0.25) is 0 Å². The molecule has 2 rings (SSSR count). The van der Waals surface area contributed by atoms with Crippen LogP contribution in [0.15, 0.2) is 24.3 Å². The van der Waals surface area contributed by atoms with Crippen LogP contribution in [0.4, 0.5) is 10.2 Å². The van der Waals surface area contributed by atoms with Crippen LogP contribution in [0, 0.1) is 17.1 Å². The molecule has 6 heteroatoms. The summed E-state index contributed by atoms with van der Waals surface area (Å²) in [6.07, 6.45) is 0. The second-order valence-electron chi connectivity index (χ2n) is 3.74. The van der Waals surface area contributed by atoms with Crippen LogP contribution in [-0.2, 0) is 0 Å². The molecule has 0 bridgehead atoms. The van der Waals surface area contributed by atoms with E-state index >= 15 is 0 Å². The van der Waals surface area contributed by atoms with Gasteiger partial charge in [-0.1, -0.05) is 23.2 Å². The minimum atomic E-state index is -0.520. The van der Waals surface area contributed by atoms with E-state index in [9.17, 15) is 4.39 Å². The van der Waals surface area contributed by atoms with Gasteiger partial charge in [-0.15, -0.1) is 0 Å². The lowest BCUT2D eigenvalue weighted by atomic mass is 10.1. The highest BCUT2D eigenvalue weighted by Gasteiger charge is 2.12. The minimum Gasteiger partial charge on any atom is -0.372 e. The van der Waals surface area contributed by atoms with Gasteiger partial charge in [0.2, 0.25) is 0 Å². The van der Waals surface area contributed by atoms with E-state index in [2.05, 4.69) is 10.3 Å². The van der Waals surface area contributed by atoms with Crippen molar-refractivity contribution in [2.45, 2.75) is 0 Å². The van der Waals surface area contributed by atoms with E-state index in [4.69, 9.17) is 28.5 Å². The lowest BCUT2D eigenvalue weighted by Gasteiger charge is -2.09. The maximum atomic E-state index is 13.4. The third-order valence-electron chi connectivity index (χ3n) is 2.47. The first-order valence-corrected chi connectivity index (χ1v) is 6.05. The van der Waals surface area contributed by atoms with Gasteiger partial charge in [0.25, 0.3) is 0 Å². The van der Waals surface area contributed by atoms with Crippen molar-refractivity contribution in [1.29, 1.82) is 5.26 Å². The van der Waals surface area contributed by atoms with Crippen molar-refractivity contribution in [3.05, 3.63) is 45.7 Å². The number of benzene rings is 1. The molecule has 1 aromatic carbocycles. The molecule has 96 valence electrons. The smallest absolute Gasteiger partial charge is 0.145 e. The van der Waals surface area contributed by atoms with Crippen LogP contribution in [0.2, 0.25) is 10.0 Å². The molecule has 0 unspecified atom stereocenters. The first kappa shape index (κ1) is 13.6. The average molecular weight is 296 g/mol. The zero-order valence-electron chi connectivity index (χ0n) is 9.84. The Morgan fingerprint density at radius 3 is 2.58 bits per heavy atom. The molecule has 0 spiro atoms. The number of anilines is 1. The molecule has 1 N–H and O–H groups in total. The van der Waals surface area contributed by atoms with Gasteiger partial charge in [0.05, 0.1) is 27.4 Å². The van der Waals surface area contributed by atoms with Crippen LogP contribution in [0.25, 0.3) is 11.3 Å². The van der Waals surface area contributed by atoms with Crippen LogP contribution in [0.3, 0.4) is 0 Å². The fourth-order valence-electron chi connectivity index (χ4n) is 1.64. The normalized spacial score (nSPS) is 10.1. The van der Waals surface area contributed by atoms with Gasteiger partial charge in [0, 0.05) is 12.6 Å². The fourth-order valence-corrected chi connectivity index (χ4v) is 2.20. The van der Waals surface area contributed by atoms with E-state index in [1.807, 2.05) is 6.07 Å². The summed E-state index contributed by atoms with van der Waals surface area (Å²) < 4.78 is 13.4. The number of rotatable bonds is 2. The number of nitriles is 1. The van der Waals surface area contributed by atoms with Gasteiger partial charge < -0.3 is 5.32 Å². The summed E-state index contributed by atoms with van der Waals surface area (Å²) in [6.45, 7) is 0. The molecule has 0 aliphatic heterocycles. The van der Waals surface area contributed by atoms with Gasteiger partial charge in [0.1, 0.15) is 11.6 Å². The van der Waals surface area contributed by atoms with Crippen LogP contribution in [0.1, 0.15) is 5.56 Å². The maximum Gasteiger partial charge on any atom is 0.145 e. The Bertz CT molecular complexity index is 680. The molecule has 0 saturated carbocycles. The van der Waals surface area contributed by atoms with Crippen molar-refractivity contribution >= 4 is 29.0 Å². The van der Waals surface area contributed by atoms with Crippen LogP contribution >= 0.6 is 23.2 Å². The topological polar surface area (TPSA) is 48.7 Å². The van der Waals surface area contributed by atoms with Gasteiger partial charge in [-0.25, -0.2) is 9.37 Å². The molecule has 3 nitrogen and oxygen atoms in total. The quantitative estimate of drug-likeness (QED) is 0.907. The van der Waals surface area contributed by atoms with E-state index in [1.165, 1.54) is 18.2 Å². The molecule has 1 heterocycles. The van der Waals surface area contributed by atoms with Gasteiger partial charge in [-0.05, 0) is 24.3 Å². The van der Waals surface area contributed by atoms with E-state index in [0.29, 0.717) is 27.1 Å². The third kappa shape index (κ3) is 2.78. The molecule has 0 fully saturated rings. The number of nitrogens with one attached hydrogen (secondary N) is 1. The van der Waals surface area contributed by atoms with E-state index in [0.717, 1.165) is 6.07 Å².